The van der Waals surface area contributed by atoms with Gasteiger partial charge in [-0.3, -0.25) is 9.59 Å². The summed E-state index contributed by atoms with van der Waals surface area (Å²) in [5.74, 6) is -0.947. The van der Waals surface area contributed by atoms with E-state index in [9.17, 15) is 9.59 Å². The van der Waals surface area contributed by atoms with Crippen molar-refractivity contribution in [3.63, 3.8) is 0 Å². The smallest absolute Gasteiger partial charge is 0.303 e. The van der Waals surface area contributed by atoms with Gasteiger partial charge in [-0.2, -0.15) is 0 Å². The highest BCUT2D eigenvalue weighted by Gasteiger charge is 2.08. The average molecular weight is 282 g/mol. The summed E-state index contributed by atoms with van der Waals surface area (Å²) in [6.07, 6.45) is 6.79. The molecule has 4 N–H and O–H groups in total. The van der Waals surface area contributed by atoms with E-state index in [1.807, 2.05) is 0 Å². The summed E-state index contributed by atoms with van der Waals surface area (Å²) in [6.45, 7) is 1.73. The first-order valence-corrected chi connectivity index (χ1v) is 6.85. The van der Waals surface area contributed by atoms with Crippen molar-refractivity contribution in [2.45, 2.75) is 38.6 Å². The first-order valence-electron chi connectivity index (χ1n) is 6.85. The van der Waals surface area contributed by atoms with Crippen LogP contribution in [0, 0.1) is 0 Å². The summed E-state index contributed by atoms with van der Waals surface area (Å²) in [5.41, 5.74) is 5.81. The number of carbonyl (C=O) groups excluding carboxylic acids is 1. The molecule has 0 aliphatic carbocycles. The lowest BCUT2D eigenvalue weighted by molar-refractivity contribution is -0.137. The van der Waals surface area contributed by atoms with Crippen molar-refractivity contribution in [2.75, 3.05) is 13.1 Å². The molecule has 0 aliphatic rings. The number of carboxylic acids is 1. The van der Waals surface area contributed by atoms with Gasteiger partial charge in [-0.25, -0.2) is 4.98 Å². The molecule has 1 rings (SSSR count). The molecule has 7 heteroatoms. The van der Waals surface area contributed by atoms with Crippen molar-refractivity contribution in [1.29, 1.82) is 0 Å². The molecule has 7 nitrogen and oxygen atoms in total. The average Bonchev–Trinajstić information content (AvgIpc) is 2.86. The lowest BCUT2D eigenvalue weighted by Crippen LogP contribution is -2.24. The number of carbonyl (C=O) groups is 2. The van der Waals surface area contributed by atoms with Crippen LogP contribution in [-0.4, -0.2) is 39.6 Å². The second kappa shape index (κ2) is 9.08. The van der Waals surface area contributed by atoms with Gasteiger partial charge in [0.2, 0.25) is 0 Å². The van der Waals surface area contributed by atoms with Gasteiger partial charge in [-0.15, -0.1) is 0 Å². The molecular weight excluding hydrogens is 260 g/mol. The number of hydrogen-bond acceptors (Lipinski definition) is 4. The van der Waals surface area contributed by atoms with E-state index in [2.05, 4.69) is 10.3 Å². The third kappa shape index (κ3) is 6.33. The van der Waals surface area contributed by atoms with Crippen LogP contribution in [0.3, 0.4) is 0 Å². The summed E-state index contributed by atoms with van der Waals surface area (Å²) in [7, 11) is 0. The highest BCUT2D eigenvalue weighted by molar-refractivity contribution is 5.91. The number of nitrogens with one attached hydrogen (secondary N) is 1. The van der Waals surface area contributed by atoms with Gasteiger partial charge in [0.1, 0.15) is 5.69 Å². The number of imidazole rings is 1. The lowest BCUT2D eigenvalue weighted by Gasteiger charge is -2.03. The Balaban J connectivity index is 2.11. The minimum atomic E-state index is -0.758. The van der Waals surface area contributed by atoms with Crippen LogP contribution >= 0.6 is 0 Å². The first-order chi connectivity index (χ1) is 9.63. The van der Waals surface area contributed by atoms with E-state index in [0.717, 1.165) is 19.3 Å². The minimum absolute atomic E-state index is 0.189. The van der Waals surface area contributed by atoms with Crippen LogP contribution < -0.4 is 11.1 Å². The number of aromatic nitrogens is 2. The molecule has 0 radical (unpaired) electrons. The molecule has 1 aromatic heterocycles. The number of aliphatic carboxylic acids is 1. The van der Waals surface area contributed by atoms with Crippen LogP contribution in [0.15, 0.2) is 12.5 Å². The van der Waals surface area contributed by atoms with Crippen LogP contribution in [0.5, 0.6) is 0 Å². The standard InChI is InChI=1S/C13H22N4O3/c14-6-8-17-9-11(16-10-17)13(20)15-7-4-2-1-3-5-12(18)19/h9-10H,1-8,14H2,(H,15,20)(H,18,19). The van der Waals surface area contributed by atoms with E-state index < -0.39 is 5.97 Å². The second-order valence-electron chi connectivity index (χ2n) is 4.60. The van der Waals surface area contributed by atoms with E-state index >= 15 is 0 Å². The molecule has 0 bridgehead atoms. The molecule has 1 amide bonds. The minimum Gasteiger partial charge on any atom is -0.481 e. The van der Waals surface area contributed by atoms with Crippen LogP contribution in [0.2, 0.25) is 0 Å². The van der Waals surface area contributed by atoms with Gasteiger partial charge in [0, 0.05) is 32.3 Å². The van der Waals surface area contributed by atoms with Gasteiger partial charge in [0.05, 0.1) is 6.33 Å². The topological polar surface area (TPSA) is 110 Å². The van der Waals surface area contributed by atoms with Gasteiger partial charge in [-0.1, -0.05) is 12.8 Å². The van der Waals surface area contributed by atoms with Crippen molar-refractivity contribution in [1.82, 2.24) is 14.9 Å². The normalized spacial score (nSPS) is 10.4. The molecule has 0 spiro atoms. The van der Waals surface area contributed by atoms with E-state index in [4.69, 9.17) is 10.8 Å². The van der Waals surface area contributed by atoms with E-state index in [-0.39, 0.29) is 12.3 Å². The van der Waals surface area contributed by atoms with Crippen LogP contribution in [0.4, 0.5) is 0 Å². The Hall–Kier alpha value is -1.89. The summed E-state index contributed by atoms with van der Waals surface area (Å²) < 4.78 is 1.78. The zero-order valence-electron chi connectivity index (χ0n) is 11.5. The zero-order valence-corrected chi connectivity index (χ0v) is 11.5. The Kier molecular flexibility index (Phi) is 7.34. The van der Waals surface area contributed by atoms with Crippen molar-refractivity contribution in [3.05, 3.63) is 18.2 Å². The Morgan fingerprint density at radius 1 is 1.30 bits per heavy atom. The van der Waals surface area contributed by atoms with Gasteiger partial charge in [0.15, 0.2) is 0 Å². The van der Waals surface area contributed by atoms with Gasteiger partial charge in [-0.05, 0) is 12.8 Å². The van der Waals surface area contributed by atoms with E-state index in [0.29, 0.717) is 31.7 Å². The van der Waals surface area contributed by atoms with Gasteiger partial charge < -0.3 is 20.7 Å². The Bertz CT molecular complexity index is 431. The summed E-state index contributed by atoms with van der Waals surface area (Å²) in [6, 6.07) is 0. The molecule has 0 aliphatic heterocycles. The third-order valence-electron chi connectivity index (χ3n) is 2.86. The first kappa shape index (κ1) is 16.2. The number of unbranched alkanes of at least 4 members (excludes halogenated alkanes) is 3. The maximum Gasteiger partial charge on any atom is 0.303 e. The number of rotatable bonds is 10. The molecule has 0 saturated carbocycles. The fourth-order valence-electron chi connectivity index (χ4n) is 1.80. The molecule has 1 aromatic rings. The predicted molar refractivity (Wildman–Crippen MR) is 74.3 cm³/mol. The molecule has 0 unspecified atom stereocenters. The molecule has 0 aromatic carbocycles. The third-order valence-corrected chi connectivity index (χ3v) is 2.86. The largest absolute Gasteiger partial charge is 0.481 e. The molecule has 0 fully saturated rings. The maximum absolute atomic E-state index is 11.7. The predicted octanol–water partition coefficient (Wildman–Crippen LogP) is 0.607. The Labute approximate surface area is 118 Å². The van der Waals surface area contributed by atoms with Crippen LogP contribution in [0.25, 0.3) is 0 Å². The van der Waals surface area contributed by atoms with Gasteiger partial charge in [0.25, 0.3) is 5.91 Å². The molecule has 0 saturated heterocycles. The quantitative estimate of drug-likeness (QED) is 0.544. The second-order valence-corrected chi connectivity index (χ2v) is 4.60. The highest BCUT2D eigenvalue weighted by atomic mass is 16.4. The van der Waals surface area contributed by atoms with E-state index in [1.54, 1.807) is 17.1 Å². The summed E-state index contributed by atoms with van der Waals surface area (Å²) >= 11 is 0. The molecule has 112 valence electrons. The molecule has 20 heavy (non-hydrogen) atoms. The molecular formula is C13H22N4O3. The van der Waals surface area contributed by atoms with Gasteiger partial charge >= 0.3 is 5.97 Å². The fourth-order valence-corrected chi connectivity index (χ4v) is 1.80. The van der Waals surface area contributed by atoms with Crippen molar-refractivity contribution in [2.24, 2.45) is 5.73 Å². The van der Waals surface area contributed by atoms with Crippen molar-refractivity contribution in [3.8, 4) is 0 Å². The van der Waals surface area contributed by atoms with Crippen LogP contribution in [0.1, 0.15) is 42.6 Å². The van der Waals surface area contributed by atoms with E-state index in [1.165, 1.54) is 0 Å². The summed E-state index contributed by atoms with van der Waals surface area (Å²) in [5, 5.41) is 11.3. The number of amides is 1. The Morgan fingerprint density at radius 2 is 2.05 bits per heavy atom. The fraction of sp³-hybridized carbons (Fsp3) is 0.615. The monoisotopic (exact) mass is 282 g/mol. The number of nitrogens with zero attached hydrogens (tertiary/aromatic N) is 2. The molecule has 1 heterocycles. The Morgan fingerprint density at radius 3 is 2.75 bits per heavy atom. The van der Waals surface area contributed by atoms with Crippen molar-refractivity contribution >= 4 is 11.9 Å². The van der Waals surface area contributed by atoms with Crippen LogP contribution in [-0.2, 0) is 11.3 Å². The number of carboxylic acid groups (broad SMARTS) is 1. The number of nitrogens with two attached hydrogens (primary N) is 1. The summed E-state index contributed by atoms with van der Waals surface area (Å²) in [4.78, 5) is 26.1. The molecule has 0 atom stereocenters. The number of hydrogen-bond donors (Lipinski definition) is 3. The maximum atomic E-state index is 11.7. The lowest BCUT2D eigenvalue weighted by atomic mass is 10.1. The highest BCUT2D eigenvalue weighted by Crippen LogP contribution is 2.02. The zero-order chi connectivity index (χ0) is 14.8. The van der Waals surface area contributed by atoms with Crippen molar-refractivity contribution < 1.29 is 14.7 Å². The SMILES string of the molecule is NCCn1cnc(C(=O)NCCCCCCC(=O)O)c1.